The highest BCUT2D eigenvalue weighted by atomic mass is 35.5. The van der Waals surface area contributed by atoms with Crippen LogP contribution in [0.15, 0.2) is 18.2 Å². The Hall–Kier alpha value is -0.910. The minimum absolute atomic E-state index is 0. The Bertz CT molecular complexity index is 465. The van der Waals surface area contributed by atoms with E-state index in [2.05, 4.69) is 5.32 Å². The molecule has 0 spiro atoms. The fourth-order valence-corrected chi connectivity index (χ4v) is 3.08. The van der Waals surface area contributed by atoms with E-state index in [1.54, 1.807) is 17.8 Å². The Morgan fingerprint density at radius 2 is 2.29 bits per heavy atom. The Kier molecular flexibility index (Phi) is 7.93. The first-order chi connectivity index (χ1) is 9.65. The van der Waals surface area contributed by atoms with Crippen molar-refractivity contribution in [2.24, 2.45) is 0 Å². The Morgan fingerprint density at radius 3 is 3.00 bits per heavy atom. The van der Waals surface area contributed by atoms with Crippen LogP contribution in [0.4, 0.5) is 11.4 Å². The molecule has 0 saturated carbocycles. The van der Waals surface area contributed by atoms with Crippen LogP contribution in [-0.4, -0.2) is 30.1 Å². The molecule has 1 fully saturated rings. The second kappa shape index (κ2) is 9.18. The molecule has 0 aromatic heterocycles. The summed E-state index contributed by atoms with van der Waals surface area (Å²) in [6, 6.07) is 5.54. The largest absolute Gasteiger partial charge is 0.399 e. The van der Waals surface area contributed by atoms with Crippen molar-refractivity contribution in [2.45, 2.75) is 32.3 Å². The maximum Gasteiger partial charge on any atom is 0.234 e. The third kappa shape index (κ3) is 6.16. The zero-order valence-electron chi connectivity index (χ0n) is 12.3. The van der Waals surface area contributed by atoms with Gasteiger partial charge in [0.15, 0.2) is 0 Å². The Balaban J connectivity index is 0.00000220. The van der Waals surface area contributed by atoms with E-state index < -0.39 is 0 Å². The standard InChI is InChI=1S/C15H22N2O2S.ClH/c1-11-5-6-12(16)8-14(11)17-15(18)10-20-9-13-4-2-3-7-19-13;/h5-6,8,13H,2-4,7,9-10,16H2,1H3,(H,17,18);1H. The number of aryl methyl sites for hydroxylation is 1. The Labute approximate surface area is 136 Å². The van der Waals surface area contributed by atoms with Crippen LogP contribution in [0.3, 0.4) is 0 Å². The molecule has 1 atom stereocenters. The minimum atomic E-state index is 0. The lowest BCUT2D eigenvalue weighted by atomic mass is 10.1. The lowest BCUT2D eigenvalue weighted by Gasteiger charge is -2.21. The van der Waals surface area contributed by atoms with Gasteiger partial charge in [0.05, 0.1) is 11.9 Å². The van der Waals surface area contributed by atoms with Crippen molar-refractivity contribution < 1.29 is 9.53 Å². The minimum Gasteiger partial charge on any atom is -0.399 e. The topological polar surface area (TPSA) is 64.3 Å². The molecule has 1 aromatic rings. The molecule has 0 aliphatic carbocycles. The van der Waals surface area contributed by atoms with Gasteiger partial charge >= 0.3 is 0 Å². The van der Waals surface area contributed by atoms with E-state index in [-0.39, 0.29) is 18.3 Å². The van der Waals surface area contributed by atoms with Crippen molar-refractivity contribution in [3.8, 4) is 0 Å². The molecular weight excluding hydrogens is 308 g/mol. The fourth-order valence-electron chi connectivity index (χ4n) is 2.18. The monoisotopic (exact) mass is 330 g/mol. The molecule has 1 amide bonds. The number of thioether (sulfide) groups is 1. The summed E-state index contributed by atoms with van der Waals surface area (Å²) >= 11 is 1.63. The van der Waals surface area contributed by atoms with E-state index in [4.69, 9.17) is 10.5 Å². The highest BCUT2D eigenvalue weighted by molar-refractivity contribution is 8.00. The quantitative estimate of drug-likeness (QED) is 0.813. The number of hydrogen-bond donors (Lipinski definition) is 2. The number of rotatable bonds is 5. The van der Waals surface area contributed by atoms with Gasteiger partial charge in [-0.15, -0.1) is 24.2 Å². The van der Waals surface area contributed by atoms with Crippen molar-refractivity contribution in [1.82, 2.24) is 0 Å². The van der Waals surface area contributed by atoms with Crippen molar-refractivity contribution in [2.75, 3.05) is 29.2 Å². The maximum absolute atomic E-state index is 11.9. The highest BCUT2D eigenvalue weighted by Crippen LogP contribution is 2.20. The van der Waals surface area contributed by atoms with Gasteiger partial charge in [-0.1, -0.05) is 6.07 Å². The third-order valence-electron chi connectivity index (χ3n) is 3.35. The summed E-state index contributed by atoms with van der Waals surface area (Å²) in [5, 5.41) is 2.91. The number of ether oxygens (including phenoxy) is 1. The molecular formula is C15H23ClN2O2S. The summed E-state index contributed by atoms with van der Waals surface area (Å²) in [6.45, 7) is 2.82. The van der Waals surface area contributed by atoms with Gasteiger partial charge in [0.2, 0.25) is 5.91 Å². The van der Waals surface area contributed by atoms with Crippen LogP contribution >= 0.6 is 24.2 Å². The van der Waals surface area contributed by atoms with Gasteiger partial charge in [0, 0.05) is 23.7 Å². The number of benzene rings is 1. The first-order valence-corrected chi connectivity index (χ1v) is 8.16. The third-order valence-corrected chi connectivity index (χ3v) is 4.42. The summed E-state index contributed by atoms with van der Waals surface area (Å²) in [5.74, 6) is 1.36. The van der Waals surface area contributed by atoms with Gasteiger partial charge in [-0.3, -0.25) is 4.79 Å². The van der Waals surface area contributed by atoms with Crippen molar-refractivity contribution in [3.63, 3.8) is 0 Å². The molecule has 1 saturated heterocycles. The molecule has 2 rings (SSSR count). The SMILES string of the molecule is Cc1ccc(N)cc1NC(=O)CSCC1CCCCO1.Cl. The van der Waals surface area contributed by atoms with Crippen LogP contribution in [0.25, 0.3) is 0 Å². The molecule has 4 nitrogen and oxygen atoms in total. The van der Waals surface area contributed by atoms with E-state index in [9.17, 15) is 4.79 Å². The number of hydrogen-bond acceptors (Lipinski definition) is 4. The van der Waals surface area contributed by atoms with Crippen LogP contribution in [0, 0.1) is 6.92 Å². The highest BCUT2D eigenvalue weighted by Gasteiger charge is 2.14. The number of nitrogen functional groups attached to an aromatic ring is 1. The molecule has 1 aromatic carbocycles. The summed E-state index contributed by atoms with van der Waals surface area (Å²) in [6.07, 6.45) is 3.83. The maximum atomic E-state index is 11.9. The van der Waals surface area contributed by atoms with Crippen molar-refractivity contribution >= 4 is 41.5 Å². The molecule has 1 unspecified atom stereocenters. The van der Waals surface area contributed by atoms with Crippen molar-refractivity contribution in [1.29, 1.82) is 0 Å². The number of amides is 1. The molecule has 118 valence electrons. The van der Waals surface area contributed by atoms with Crippen LogP contribution in [-0.2, 0) is 9.53 Å². The second-order valence-corrected chi connectivity index (χ2v) is 6.16. The predicted molar refractivity (Wildman–Crippen MR) is 92.4 cm³/mol. The van der Waals surface area contributed by atoms with E-state index >= 15 is 0 Å². The lowest BCUT2D eigenvalue weighted by molar-refractivity contribution is -0.113. The van der Waals surface area contributed by atoms with Crippen molar-refractivity contribution in [3.05, 3.63) is 23.8 Å². The number of halogens is 1. The summed E-state index contributed by atoms with van der Waals surface area (Å²) in [5.41, 5.74) is 8.21. The zero-order valence-corrected chi connectivity index (χ0v) is 13.9. The predicted octanol–water partition coefficient (Wildman–Crippen LogP) is 3.24. The van der Waals surface area contributed by atoms with Crippen LogP contribution in [0.2, 0.25) is 0 Å². The summed E-state index contributed by atoms with van der Waals surface area (Å²) < 4.78 is 5.64. The van der Waals surface area contributed by atoms with Gasteiger partial charge in [0.25, 0.3) is 0 Å². The van der Waals surface area contributed by atoms with E-state index in [1.165, 1.54) is 6.42 Å². The zero-order chi connectivity index (χ0) is 14.4. The van der Waals surface area contributed by atoms with Crippen LogP contribution in [0.5, 0.6) is 0 Å². The van der Waals surface area contributed by atoms with Gasteiger partial charge in [-0.25, -0.2) is 0 Å². The molecule has 0 bridgehead atoms. The Morgan fingerprint density at radius 1 is 1.48 bits per heavy atom. The van der Waals surface area contributed by atoms with Gasteiger partial charge < -0.3 is 15.8 Å². The summed E-state index contributed by atoms with van der Waals surface area (Å²) in [7, 11) is 0. The fraction of sp³-hybridized carbons (Fsp3) is 0.533. The van der Waals surface area contributed by atoms with Crippen LogP contribution in [0.1, 0.15) is 24.8 Å². The number of nitrogens with two attached hydrogens (primary N) is 1. The molecule has 3 N–H and O–H groups in total. The molecule has 6 heteroatoms. The second-order valence-electron chi connectivity index (χ2n) is 5.13. The van der Waals surface area contributed by atoms with E-state index in [0.717, 1.165) is 36.5 Å². The first-order valence-electron chi connectivity index (χ1n) is 7.00. The van der Waals surface area contributed by atoms with Gasteiger partial charge in [-0.05, 0) is 43.9 Å². The van der Waals surface area contributed by atoms with E-state index in [1.807, 2.05) is 19.1 Å². The average molecular weight is 331 g/mol. The molecule has 21 heavy (non-hydrogen) atoms. The van der Waals surface area contributed by atoms with Gasteiger partial charge in [-0.2, -0.15) is 0 Å². The summed E-state index contributed by atoms with van der Waals surface area (Å²) in [4.78, 5) is 11.9. The van der Waals surface area contributed by atoms with Crippen LogP contribution < -0.4 is 11.1 Å². The normalized spacial score (nSPS) is 17.9. The van der Waals surface area contributed by atoms with E-state index in [0.29, 0.717) is 17.5 Å². The number of anilines is 2. The lowest BCUT2D eigenvalue weighted by Crippen LogP contribution is -2.23. The molecule has 1 aliphatic heterocycles. The molecule has 0 radical (unpaired) electrons. The molecule has 1 heterocycles. The molecule has 1 aliphatic rings. The number of carbonyl (C=O) groups excluding carboxylic acids is 1. The number of nitrogens with one attached hydrogen (secondary N) is 1. The van der Waals surface area contributed by atoms with Gasteiger partial charge in [0.1, 0.15) is 0 Å². The number of carbonyl (C=O) groups is 1. The smallest absolute Gasteiger partial charge is 0.234 e. The average Bonchev–Trinajstić information content (AvgIpc) is 2.44. The first kappa shape index (κ1) is 18.1.